The fourth-order valence-corrected chi connectivity index (χ4v) is 1.56. The molecule has 0 spiro atoms. The van der Waals surface area contributed by atoms with Crippen LogP contribution in [0.3, 0.4) is 0 Å². The molecule has 0 aliphatic rings. The molecular formula is C11H11ClF2O4. The van der Waals surface area contributed by atoms with Gasteiger partial charge in [-0.3, -0.25) is 0 Å². The van der Waals surface area contributed by atoms with Crippen molar-refractivity contribution in [1.29, 1.82) is 0 Å². The molecule has 1 rings (SSSR count). The molecule has 1 N–H and O–H groups in total. The summed E-state index contributed by atoms with van der Waals surface area (Å²) in [4.78, 5) is 11.2. The third-order valence-electron chi connectivity index (χ3n) is 2.16. The Balaban J connectivity index is 3.25. The van der Waals surface area contributed by atoms with Gasteiger partial charge in [0.05, 0.1) is 19.3 Å². The SMILES string of the molecule is CCOC(=O)C(O)c1c(F)cc(OC)c(Cl)c1F. The van der Waals surface area contributed by atoms with Crippen LogP contribution in [0.4, 0.5) is 8.78 Å². The zero-order valence-corrected chi connectivity index (χ0v) is 10.4. The Kier molecular flexibility index (Phi) is 4.86. The number of aliphatic hydroxyl groups excluding tert-OH is 1. The lowest BCUT2D eigenvalue weighted by Gasteiger charge is -2.14. The highest BCUT2D eigenvalue weighted by atomic mass is 35.5. The van der Waals surface area contributed by atoms with E-state index in [0.29, 0.717) is 0 Å². The summed E-state index contributed by atoms with van der Waals surface area (Å²) in [5, 5.41) is 9.00. The molecule has 0 aliphatic carbocycles. The molecule has 7 heteroatoms. The van der Waals surface area contributed by atoms with Gasteiger partial charge in [0.25, 0.3) is 0 Å². The Morgan fingerprint density at radius 2 is 2.17 bits per heavy atom. The number of esters is 1. The van der Waals surface area contributed by atoms with E-state index in [0.717, 1.165) is 6.07 Å². The maximum absolute atomic E-state index is 13.7. The first-order chi connectivity index (χ1) is 8.43. The third-order valence-corrected chi connectivity index (χ3v) is 2.52. The van der Waals surface area contributed by atoms with E-state index >= 15 is 0 Å². The molecule has 1 aromatic rings. The predicted molar refractivity (Wildman–Crippen MR) is 59.5 cm³/mol. The fourth-order valence-electron chi connectivity index (χ4n) is 1.33. The van der Waals surface area contributed by atoms with E-state index in [4.69, 9.17) is 11.6 Å². The highest BCUT2D eigenvalue weighted by Gasteiger charge is 2.29. The monoisotopic (exact) mass is 280 g/mol. The molecule has 0 radical (unpaired) electrons. The zero-order valence-electron chi connectivity index (χ0n) is 9.67. The molecule has 1 atom stereocenters. The summed E-state index contributed by atoms with van der Waals surface area (Å²) in [5.41, 5.74) is -0.862. The summed E-state index contributed by atoms with van der Waals surface area (Å²) in [6.45, 7) is 1.47. The topological polar surface area (TPSA) is 55.8 Å². The molecule has 0 aromatic heterocycles. The first-order valence-electron chi connectivity index (χ1n) is 5.00. The Morgan fingerprint density at radius 1 is 1.56 bits per heavy atom. The highest BCUT2D eigenvalue weighted by molar-refractivity contribution is 6.32. The average Bonchev–Trinajstić information content (AvgIpc) is 2.34. The summed E-state index contributed by atoms with van der Waals surface area (Å²) < 4.78 is 36.4. The van der Waals surface area contributed by atoms with Gasteiger partial charge in [-0.2, -0.15) is 0 Å². The molecule has 0 saturated carbocycles. The van der Waals surface area contributed by atoms with E-state index in [2.05, 4.69) is 9.47 Å². The second-order valence-corrected chi connectivity index (χ2v) is 3.63. The zero-order chi connectivity index (χ0) is 13.9. The number of carbonyl (C=O) groups is 1. The molecule has 4 nitrogen and oxygen atoms in total. The maximum Gasteiger partial charge on any atom is 0.339 e. The van der Waals surface area contributed by atoms with Crippen LogP contribution in [0.25, 0.3) is 0 Å². The van der Waals surface area contributed by atoms with Crippen LogP contribution < -0.4 is 4.74 Å². The van der Waals surface area contributed by atoms with E-state index in [1.165, 1.54) is 14.0 Å². The van der Waals surface area contributed by atoms with Crippen molar-refractivity contribution in [3.63, 3.8) is 0 Å². The minimum atomic E-state index is -2.08. The number of aliphatic hydroxyl groups is 1. The highest BCUT2D eigenvalue weighted by Crippen LogP contribution is 2.34. The molecule has 0 saturated heterocycles. The lowest BCUT2D eigenvalue weighted by atomic mass is 10.1. The maximum atomic E-state index is 13.7. The molecular weight excluding hydrogens is 270 g/mol. The second kappa shape index (κ2) is 5.97. The van der Waals surface area contributed by atoms with Gasteiger partial charge in [0.1, 0.15) is 16.6 Å². The third kappa shape index (κ3) is 2.70. The van der Waals surface area contributed by atoms with Crippen LogP contribution in [0.2, 0.25) is 5.02 Å². The molecule has 100 valence electrons. The van der Waals surface area contributed by atoms with E-state index in [1.54, 1.807) is 0 Å². The molecule has 0 bridgehead atoms. The number of halogens is 3. The van der Waals surface area contributed by atoms with Crippen LogP contribution in [0, 0.1) is 11.6 Å². The summed E-state index contributed by atoms with van der Waals surface area (Å²) in [6, 6.07) is 0.781. The summed E-state index contributed by atoms with van der Waals surface area (Å²) in [7, 11) is 1.18. The molecule has 0 aliphatic heterocycles. The molecule has 1 unspecified atom stereocenters. The van der Waals surface area contributed by atoms with Crippen LogP contribution in [0.5, 0.6) is 5.75 Å². The normalized spacial score (nSPS) is 12.1. The van der Waals surface area contributed by atoms with Crippen molar-refractivity contribution in [2.24, 2.45) is 0 Å². The molecule has 1 aromatic carbocycles. The smallest absolute Gasteiger partial charge is 0.339 e. The second-order valence-electron chi connectivity index (χ2n) is 3.26. The van der Waals surface area contributed by atoms with Gasteiger partial charge in [-0.15, -0.1) is 0 Å². The quantitative estimate of drug-likeness (QED) is 0.679. The number of hydrogen-bond acceptors (Lipinski definition) is 4. The van der Waals surface area contributed by atoms with Crippen molar-refractivity contribution in [2.45, 2.75) is 13.0 Å². The van der Waals surface area contributed by atoms with Crippen molar-refractivity contribution < 1.29 is 28.2 Å². The van der Waals surface area contributed by atoms with Crippen molar-refractivity contribution in [3.8, 4) is 5.75 Å². The number of methoxy groups -OCH3 is 1. The van der Waals surface area contributed by atoms with Gasteiger partial charge in [-0.05, 0) is 6.92 Å². The lowest BCUT2D eigenvalue weighted by Crippen LogP contribution is -2.18. The standard InChI is InChI=1S/C11H11ClF2O4/c1-3-18-11(16)10(15)7-5(13)4-6(17-2)8(12)9(7)14/h4,10,15H,3H2,1-2H3. The Bertz CT molecular complexity index is 465. The minimum absolute atomic E-state index is 0.0248. The summed E-state index contributed by atoms with van der Waals surface area (Å²) >= 11 is 5.57. The minimum Gasteiger partial charge on any atom is -0.495 e. The number of rotatable bonds is 4. The van der Waals surface area contributed by atoms with Crippen LogP contribution in [0.15, 0.2) is 6.07 Å². The predicted octanol–water partition coefficient (Wildman–Crippen LogP) is 2.22. The first-order valence-corrected chi connectivity index (χ1v) is 5.37. The van der Waals surface area contributed by atoms with Crippen LogP contribution in [-0.2, 0) is 9.53 Å². The number of ether oxygens (including phenoxy) is 2. The Hall–Kier alpha value is -1.40. The van der Waals surface area contributed by atoms with Crippen LogP contribution in [0.1, 0.15) is 18.6 Å². The largest absolute Gasteiger partial charge is 0.495 e. The number of carbonyl (C=O) groups excluding carboxylic acids is 1. The van der Waals surface area contributed by atoms with Gasteiger partial charge < -0.3 is 14.6 Å². The fraction of sp³-hybridized carbons (Fsp3) is 0.364. The van der Waals surface area contributed by atoms with Gasteiger partial charge in [0, 0.05) is 6.07 Å². The summed E-state index contributed by atoms with van der Waals surface area (Å²) in [5.74, 6) is -3.79. The Labute approximate surface area is 107 Å². The van der Waals surface area contributed by atoms with Crippen molar-refractivity contribution in [2.75, 3.05) is 13.7 Å². The Morgan fingerprint density at radius 3 is 2.67 bits per heavy atom. The van der Waals surface area contributed by atoms with Crippen LogP contribution in [-0.4, -0.2) is 24.8 Å². The van der Waals surface area contributed by atoms with Gasteiger partial charge in [0.2, 0.25) is 0 Å². The van der Waals surface area contributed by atoms with Gasteiger partial charge >= 0.3 is 5.97 Å². The van der Waals surface area contributed by atoms with E-state index in [1.807, 2.05) is 0 Å². The average molecular weight is 281 g/mol. The number of benzene rings is 1. The summed E-state index contributed by atoms with van der Waals surface area (Å²) in [6.07, 6.45) is -2.08. The van der Waals surface area contributed by atoms with Gasteiger partial charge in [-0.25, -0.2) is 13.6 Å². The first kappa shape index (κ1) is 14.7. The molecule has 0 heterocycles. The number of hydrogen-bond donors (Lipinski definition) is 1. The molecule has 0 fully saturated rings. The van der Waals surface area contributed by atoms with Crippen LogP contribution >= 0.6 is 11.6 Å². The van der Waals surface area contributed by atoms with Crippen molar-refractivity contribution in [3.05, 3.63) is 28.3 Å². The molecule has 0 amide bonds. The van der Waals surface area contributed by atoms with Gasteiger partial charge in [-0.1, -0.05) is 11.6 Å². The lowest BCUT2D eigenvalue weighted by molar-refractivity contribution is -0.153. The van der Waals surface area contributed by atoms with Crippen molar-refractivity contribution in [1.82, 2.24) is 0 Å². The van der Waals surface area contributed by atoms with E-state index in [-0.39, 0.29) is 12.4 Å². The van der Waals surface area contributed by atoms with Gasteiger partial charge in [0.15, 0.2) is 11.9 Å². The molecule has 18 heavy (non-hydrogen) atoms. The van der Waals surface area contributed by atoms with E-state index in [9.17, 15) is 18.7 Å². The van der Waals surface area contributed by atoms with E-state index < -0.39 is 34.3 Å². The van der Waals surface area contributed by atoms with Crippen molar-refractivity contribution >= 4 is 17.6 Å².